The lowest BCUT2D eigenvalue weighted by atomic mass is 10.0. The van der Waals surface area contributed by atoms with Gasteiger partial charge in [0.1, 0.15) is 0 Å². The number of rotatable bonds is 7. The van der Waals surface area contributed by atoms with Crippen molar-refractivity contribution in [3.8, 4) is 17.2 Å². The Morgan fingerprint density at radius 3 is 2.22 bits per heavy atom. The quantitative estimate of drug-likeness (QED) is 0.610. The molecule has 2 aliphatic heterocycles. The zero-order chi connectivity index (χ0) is 22.5. The number of hydrogen-bond donors (Lipinski definition) is 3. The van der Waals surface area contributed by atoms with Crippen molar-refractivity contribution in [2.24, 2.45) is 0 Å². The van der Waals surface area contributed by atoms with Gasteiger partial charge in [0.2, 0.25) is 5.75 Å². The summed E-state index contributed by atoms with van der Waals surface area (Å²) >= 11 is 0. The Labute approximate surface area is 189 Å². The van der Waals surface area contributed by atoms with Crippen LogP contribution in [0.1, 0.15) is 41.2 Å². The van der Waals surface area contributed by atoms with E-state index in [4.69, 9.17) is 14.2 Å². The first kappa shape index (κ1) is 22.4. The molecule has 2 aromatic rings. The van der Waals surface area contributed by atoms with Crippen molar-refractivity contribution in [3.05, 3.63) is 53.6 Å². The first-order valence-corrected chi connectivity index (χ1v) is 11.0. The summed E-state index contributed by atoms with van der Waals surface area (Å²) in [6.07, 6.45) is 3.13. The van der Waals surface area contributed by atoms with Gasteiger partial charge in [-0.3, -0.25) is 9.69 Å². The van der Waals surface area contributed by atoms with E-state index in [0.29, 0.717) is 35.0 Å². The van der Waals surface area contributed by atoms with Crippen molar-refractivity contribution in [1.29, 1.82) is 0 Å². The second kappa shape index (κ2) is 10.2. The van der Waals surface area contributed by atoms with E-state index in [1.807, 2.05) is 6.07 Å². The fourth-order valence-corrected chi connectivity index (χ4v) is 4.52. The lowest BCUT2D eigenvalue weighted by molar-refractivity contribution is 0.0879. The molecule has 2 heterocycles. The molecule has 2 saturated heterocycles. The van der Waals surface area contributed by atoms with Gasteiger partial charge in [-0.15, -0.1) is 0 Å². The number of piperidine rings is 1. The molecule has 0 saturated carbocycles. The number of likely N-dealkylation sites (tertiary alicyclic amines) is 1. The highest BCUT2D eigenvalue weighted by atomic mass is 16.5. The van der Waals surface area contributed by atoms with Crippen LogP contribution in [0.15, 0.2) is 42.5 Å². The zero-order valence-corrected chi connectivity index (χ0v) is 18.9. The maximum atomic E-state index is 12.9. The first-order chi connectivity index (χ1) is 15.6. The standard InChI is InChI=1S/C24H32N4O4/c1-30-20-13-17(14-21(31-2)23(20)32-3)24(29)25-18-9-11-28(12-10-18)22-15-19(26-27-22)16-7-5-4-6-8-16/h4-8,13-14,18-19,22,26-27H,9-12,15H2,1-3H3,(H,25,29). The monoisotopic (exact) mass is 440 g/mol. The molecule has 2 aromatic carbocycles. The Morgan fingerprint density at radius 1 is 0.969 bits per heavy atom. The number of ether oxygens (including phenoxy) is 3. The van der Waals surface area contributed by atoms with Crippen LogP contribution in [0.4, 0.5) is 0 Å². The number of hydrogen-bond acceptors (Lipinski definition) is 7. The molecule has 8 heteroatoms. The summed E-state index contributed by atoms with van der Waals surface area (Å²) < 4.78 is 16.1. The molecule has 0 spiro atoms. The summed E-state index contributed by atoms with van der Waals surface area (Å²) in [7, 11) is 4.64. The third kappa shape index (κ3) is 4.82. The average molecular weight is 441 g/mol. The molecule has 3 N–H and O–H groups in total. The molecule has 2 fully saturated rings. The van der Waals surface area contributed by atoms with Gasteiger partial charge < -0.3 is 19.5 Å². The molecule has 1 amide bonds. The van der Waals surface area contributed by atoms with Gasteiger partial charge in [-0.25, -0.2) is 10.9 Å². The molecule has 4 rings (SSSR count). The van der Waals surface area contributed by atoms with Gasteiger partial charge in [0.05, 0.1) is 27.5 Å². The maximum absolute atomic E-state index is 12.9. The second-order valence-corrected chi connectivity index (χ2v) is 8.20. The molecule has 8 nitrogen and oxygen atoms in total. The van der Waals surface area contributed by atoms with Crippen LogP contribution < -0.4 is 30.4 Å². The van der Waals surface area contributed by atoms with Crippen LogP contribution >= 0.6 is 0 Å². The third-order valence-electron chi connectivity index (χ3n) is 6.32. The molecule has 32 heavy (non-hydrogen) atoms. The fraction of sp³-hybridized carbons (Fsp3) is 0.458. The molecular formula is C24H32N4O4. The molecule has 0 radical (unpaired) electrons. The third-order valence-corrected chi connectivity index (χ3v) is 6.32. The number of nitrogens with one attached hydrogen (secondary N) is 3. The molecule has 2 aliphatic rings. The molecule has 2 atom stereocenters. The Balaban J connectivity index is 1.31. The van der Waals surface area contributed by atoms with Crippen LogP contribution in [-0.4, -0.2) is 57.4 Å². The predicted molar refractivity (Wildman–Crippen MR) is 122 cm³/mol. The van der Waals surface area contributed by atoms with Gasteiger partial charge in [0.15, 0.2) is 11.5 Å². The average Bonchev–Trinajstić information content (AvgIpc) is 3.34. The Kier molecular flexibility index (Phi) is 7.14. The van der Waals surface area contributed by atoms with E-state index in [1.165, 1.54) is 5.56 Å². The largest absolute Gasteiger partial charge is 0.493 e. The number of carbonyl (C=O) groups excluding carboxylic acids is 1. The van der Waals surface area contributed by atoms with Crippen LogP contribution in [-0.2, 0) is 0 Å². The van der Waals surface area contributed by atoms with Gasteiger partial charge in [0.25, 0.3) is 5.91 Å². The molecule has 0 bridgehead atoms. The van der Waals surface area contributed by atoms with E-state index < -0.39 is 0 Å². The predicted octanol–water partition coefficient (Wildman–Crippen LogP) is 2.47. The molecular weight excluding hydrogens is 408 g/mol. The highest BCUT2D eigenvalue weighted by Gasteiger charge is 2.32. The fourth-order valence-electron chi connectivity index (χ4n) is 4.52. The summed E-state index contributed by atoms with van der Waals surface area (Å²) in [5.41, 5.74) is 8.66. The SMILES string of the molecule is COc1cc(C(=O)NC2CCN(C3CC(c4ccccc4)NN3)CC2)cc(OC)c1OC. The van der Waals surface area contributed by atoms with Crippen molar-refractivity contribution in [2.45, 2.75) is 37.5 Å². The van der Waals surface area contributed by atoms with Crippen LogP contribution in [0, 0.1) is 0 Å². The van der Waals surface area contributed by atoms with Gasteiger partial charge in [-0.05, 0) is 37.0 Å². The first-order valence-electron chi connectivity index (χ1n) is 11.0. The Hall–Kier alpha value is -2.81. The van der Waals surface area contributed by atoms with Crippen molar-refractivity contribution < 1.29 is 19.0 Å². The number of hydrazine groups is 1. The van der Waals surface area contributed by atoms with Crippen molar-refractivity contribution in [3.63, 3.8) is 0 Å². The maximum Gasteiger partial charge on any atom is 0.251 e. The van der Waals surface area contributed by atoms with Gasteiger partial charge in [-0.1, -0.05) is 30.3 Å². The highest BCUT2D eigenvalue weighted by molar-refractivity contribution is 5.95. The molecule has 0 aromatic heterocycles. The van der Waals surface area contributed by atoms with Crippen molar-refractivity contribution >= 4 is 5.91 Å². The van der Waals surface area contributed by atoms with Gasteiger partial charge >= 0.3 is 0 Å². The van der Waals surface area contributed by atoms with Crippen molar-refractivity contribution in [2.75, 3.05) is 34.4 Å². The topological polar surface area (TPSA) is 84.1 Å². The second-order valence-electron chi connectivity index (χ2n) is 8.20. The molecule has 172 valence electrons. The Bertz CT molecular complexity index is 890. The zero-order valence-electron chi connectivity index (χ0n) is 18.9. The summed E-state index contributed by atoms with van der Waals surface area (Å²) in [5.74, 6) is 1.29. The summed E-state index contributed by atoms with van der Waals surface area (Å²) in [4.78, 5) is 15.3. The van der Waals surface area contributed by atoms with Crippen LogP contribution in [0.25, 0.3) is 0 Å². The summed E-state index contributed by atoms with van der Waals surface area (Å²) in [6, 6.07) is 14.3. The minimum atomic E-state index is -0.132. The van der Waals surface area contributed by atoms with E-state index in [2.05, 4.69) is 45.3 Å². The Morgan fingerprint density at radius 2 is 1.62 bits per heavy atom. The van der Waals surface area contributed by atoms with E-state index in [1.54, 1.807) is 33.5 Å². The molecule has 2 unspecified atom stereocenters. The summed E-state index contributed by atoms with van der Waals surface area (Å²) in [5, 5.41) is 3.17. The lowest BCUT2D eigenvalue weighted by Gasteiger charge is -2.35. The van der Waals surface area contributed by atoms with E-state index >= 15 is 0 Å². The molecule has 0 aliphatic carbocycles. The normalized spacial score (nSPS) is 21.8. The van der Waals surface area contributed by atoms with Crippen molar-refractivity contribution in [1.82, 2.24) is 21.1 Å². The minimum absolute atomic E-state index is 0.132. The number of nitrogens with zero attached hydrogens (tertiary/aromatic N) is 1. The van der Waals surface area contributed by atoms with E-state index in [-0.39, 0.29) is 11.9 Å². The van der Waals surface area contributed by atoms with Crippen LogP contribution in [0.3, 0.4) is 0 Å². The number of amides is 1. The smallest absolute Gasteiger partial charge is 0.251 e. The van der Waals surface area contributed by atoms with Crippen LogP contribution in [0.5, 0.6) is 17.2 Å². The lowest BCUT2D eigenvalue weighted by Crippen LogP contribution is -2.51. The van der Waals surface area contributed by atoms with Gasteiger partial charge in [-0.2, -0.15) is 0 Å². The van der Waals surface area contributed by atoms with Crippen LogP contribution in [0.2, 0.25) is 0 Å². The highest BCUT2D eigenvalue weighted by Crippen LogP contribution is 2.38. The summed E-state index contributed by atoms with van der Waals surface area (Å²) in [6.45, 7) is 1.86. The number of methoxy groups -OCH3 is 3. The minimum Gasteiger partial charge on any atom is -0.493 e. The number of benzene rings is 2. The van der Waals surface area contributed by atoms with E-state index in [9.17, 15) is 4.79 Å². The van der Waals surface area contributed by atoms with Gasteiger partial charge in [0, 0.05) is 30.7 Å². The number of carbonyl (C=O) groups is 1. The van der Waals surface area contributed by atoms with E-state index in [0.717, 1.165) is 32.4 Å².